The third kappa shape index (κ3) is 4.82. The highest BCUT2D eigenvalue weighted by atomic mass is 19.4. The molecule has 3 aromatic rings. The summed E-state index contributed by atoms with van der Waals surface area (Å²) in [6.07, 6.45) is -4.48. The minimum Gasteiger partial charge on any atom is -0.432 e. The van der Waals surface area contributed by atoms with E-state index >= 15 is 0 Å². The number of carbonyl (C=O) groups excluding carboxylic acids is 1. The maximum atomic E-state index is 12.8. The van der Waals surface area contributed by atoms with Crippen LogP contribution < -0.4 is 10.1 Å². The highest BCUT2D eigenvalue weighted by molar-refractivity contribution is 5.94. The van der Waals surface area contributed by atoms with Crippen LogP contribution in [0.3, 0.4) is 0 Å². The molecule has 1 heterocycles. The Balaban J connectivity index is 1.78. The standard InChI is InChI=1S/C20H17F3N4O4/c1-12-17(18(28)24-11-13-6-5-7-14(10-13)20(21,22)23)25-26(2)19(12)31-16-9-4-3-8-15(16)27(29)30/h3-10H,11H2,1-2H3,(H,24,28). The van der Waals surface area contributed by atoms with Gasteiger partial charge in [0.05, 0.1) is 10.5 Å². The van der Waals surface area contributed by atoms with E-state index in [2.05, 4.69) is 10.4 Å². The summed E-state index contributed by atoms with van der Waals surface area (Å²) in [7, 11) is 1.50. The SMILES string of the molecule is Cc1c(C(=O)NCc2cccc(C(F)(F)F)c2)nn(C)c1Oc1ccccc1[N+](=O)[O-]. The molecule has 3 rings (SSSR count). The molecule has 1 amide bonds. The predicted octanol–water partition coefficient (Wildman–Crippen LogP) is 4.38. The number of nitrogens with zero attached hydrogens (tertiary/aromatic N) is 3. The topological polar surface area (TPSA) is 99.3 Å². The molecular formula is C20H17F3N4O4. The number of halogens is 3. The first-order valence-electron chi connectivity index (χ1n) is 8.97. The number of benzene rings is 2. The van der Waals surface area contributed by atoms with Crippen LogP contribution in [0.25, 0.3) is 0 Å². The summed E-state index contributed by atoms with van der Waals surface area (Å²) in [4.78, 5) is 23.1. The minimum atomic E-state index is -4.48. The number of nitro groups is 1. The molecule has 0 bridgehead atoms. The van der Waals surface area contributed by atoms with Gasteiger partial charge in [-0.05, 0) is 30.7 Å². The number of aromatic nitrogens is 2. The molecule has 0 aliphatic heterocycles. The molecule has 0 saturated carbocycles. The Bertz CT molecular complexity index is 1140. The van der Waals surface area contributed by atoms with Gasteiger partial charge < -0.3 is 10.1 Å². The Kier molecular flexibility index (Phi) is 5.95. The van der Waals surface area contributed by atoms with Crippen LogP contribution in [-0.4, -0.2) is 20.6 Å². The highest BCUT2D eigenvalue weighted by Gasteiger charge is 2.30. The molecule has 31 heavy (non-hydrogen) atoms. The van der Waals surface area contributed by atoms with E-state index in [9.17, 15) is 28.1 Å². The smallest absolute Gasteiger partial charge is 0.416 e. The summed E-state index contributed by atoms with van der Waals surface area (Å²) >= 11 is 0. The lowest BCUT2D eigenvalue weighted by molar-refractivity contribution is -0.385. The van der Waals surface area contributed by atoms with Crippen LogP contribution in [0.5, 0.6) is 11.6 Å². The molecule has 162 valence electrons. The van der Waals surface area contributed by atoms with Gasteiger partial charge in [-0.1, -0.05) is 24.3 Å². The second-order valence-corrected chi connectivity index (χ2v) is 6.61. The molecule has 8 nitrogen and oxygen atoms in total. The summed E-state index contributed by atoms with van der Waals surface area (Å²) in [5.41, 5.74) is -0.481. The first kappa shape index (κ1) is 21.8. The summed E-state index contributed by atoms with van der Waals surface area (Å²) in [6, 6.07) is 10.4. The second-order valence-electron chi connectivity index (χ2n) is 6.61. The van der Waals surface area contributed by atoms with Crippen molar-refractivity contribution in [2.24, 2.45) is 7.05 Å². The van der Waals surface area contributed by atoms with Gasteiger partial charge >= 0.3 is 11.9 Å². The highest BCUT2D eigenvalue weighted by Crippen LogP contribution is 2.33. The molecule has 0 spiro atoms. The maximum Gasteiger partial charge on any atom is 0.416 e. The number of ether oxygens (including phenoxy) is 1. The molecule has 0 atom stereocenters. The number of nitro benzene ring substituents is 1. The quantitative estimate of drug-likeness (QED) is 0.459. The van der Waals surface area contributed by atoms with Gasteiger partial charge in [-0.2, -0.15) is 18.3 Å². The van der Waals surface area contributed by atoms with Crippen molar-refractivity contribution in [3.05, 3.63) is 81.0 Å². The van der Waals surface area contributed by atoms with Crippen LogP contribution in [0.4, 0.5) is 18.9 Å². The molecule has 11 heteroatoms. The number of hydrogen-bond donors (Lipinski definition) is 1. The average Bonchev–Trinajstić information content (AvgIpc) is 3.00. The summed E-state index contributed by atoms with van der Waals surface area (Å²) < 4.78 is 45.4. The van der Waals surface area contributed by atoms with Gasteiger partial charge in [-0.3, -0.25) is 14.9 Å². The van der Waals surface area contributed by atoms with Crippen molar-refractivity contribution < 1.29 is 27.6 Å². The van der Waals surface area contributed by atoms with Gasteiger partial charge in [-0.25, -0.2) is 4.68 Å². The predicted molar refractivity (Wildman–Crippen MR) is 104 cm³/mol. The zero-order valence-electron chi connectivity index (χ0n) is 16.4. The number of carbonyl (C=O) groups is 1. The lowest BCUT2D eigenvalue weighted by Gasteiger charge is -2.09. The Morgan fingerprint density at radius 1 is 1.23 bits per heavy atom. The molecule has 0 saturated heterocycles. The van der Waals surface area contributed by atoms with Gasteiger partial charge in [0.25, 0.3) is 5.91 Å². The zero-order valence-corrected chi connectivity index (χ0v) is 16.4. The number of nitrogens with one attached hydrogen (secondary N) is 1. The third-order valence-electron chi connectivity index (χ3n) is 4.41. The van der Waals surface area contributed by atoms with Crippen molar-refractivity contribution >= 4 is 11.6 Å². The van der Waals surface area contributed by atoms with Crippen LogP contribution in [0.15, 0.2) is 48.5 Å². The van der Waals surface area contributed by atoms with Crippen molar-refractivity contribution in [2.75, 3.05) is 0 Å². The third-order valence-corrected chi connectivity index (χ3v) is 4.41. The first-order valence-corrected chi connectivity index (χ1v) is 8.97. The molecule has 1 N–H and O–H groups in total. The van der Waals surface area contributed by atoms with Crippen LogP contribution in [0.2, 0.25) is 0 Å². The van der Waals surface area contributed by atoms with E-state index in [0.29, 0.717) is 5.56 Å². The summed E-state index contributed by atoms with van der Waals surface area (Å²) in [5, 5.41) is 17.8. The molecule has 2 aromatic carbocycles. The van der Waals surface area contributed by atoms with Gasteiger partial charge in [-0.15, -0.1) is 0 Å². The van der Waals surface area contributed by atoms with E-state index in [1.54, 1.807) is 13.0 Å². The zero-order chi connectivity index (χ0) is 22.8. The van der Waals surface area contributed by atoms with Crippen molar-refractivity contribution in [3.63, 3.8) is 0 Å². The van der Waals surface area contributed by atoms with Gasteiger partial charge in [0.15, 0.2) is 5.69 Å². The molecule has 0 aliphatic carbocycles. The molecule has 0 radical (unpaired) electrons. The largest absolute Gasteiger partial charge is 0.432 e. The Labute approximate surface area is 174 Å². The van der Waals surface area contributed by atoms with Crippen LogP contribution in [-0.2, 0) is 19.8 Å². The average molecular weight is 434 g/mol. The number of aryl methyl sites for hydroxylation is 1. The van der Waals surface area contributed by atoms with Crippen LogP contribution >= 0.6 is 0 Å². The van der Waals surface area contributed by atoms with Crippen molar-refractivity contribution in [2.45, 2.75) is 19.6 Å². The van der Waals surface area contributed by atoms with E-state index in [1.165, 1.54) is 42.1 Å². The van der Waals surface area contributed by atoms with Crippen molar-refractivity contribution in [3.8, 4) is 11.6 Å². The van der Waals surface area contributed by atoms with Gasteiger partial charge in [0.2, 0.25) is 11.6 Å². The Morgan fingerprint density at radius 2 is 1.94 bits per heavy atom. The molecule has 0 unspecified atom stereocenters. The van der Waals surface area contributed by atoms with Gasteiger partial charge in [0, 0.05) is 25.2 Å². The summed E-state index contributed by atoms with van der Waals surface area (Å²) in [5.74, 6) is -0.518. The number of rotatable bonds is 6. The van der Waals surface area contributed by atoms with E-state index in [0.717, 1.165) is 12.1 Å². The molecular weight excluding hydrogens is 417 g/mol. The Morgan fingerprint density at radius 3 is 2.61 bits per heavy atom. The summed E-state index contributed by atoms with van der Waals surface area (Å²) in [6.45, 7) is 1.41. The lowest BCUT2D eigenvalue weighted by atomic mass is 10.1. The normalized spacial score (nSPS) is 11.3. The van der Waals surface area contributed by atoms with E-state index in [-0.39, 0.29) is 35.1 Å². The van der Waals surface area contributed by atoms with E-state index in [4.69, 9.17) is 4.74 Å². The second kappa shape index (κ2) is 8.46. The van der Waals surface area contributed by atoms with Crippen LogP contribution in [0, 0.1) is 17.0 Å². The lowest BCUT2D eigenvalue weighted by Crippen LogP contribution is -2.24. The number of hydrogen-bond acceptors (Lipinski definition) is 5. The van der Waals surface area contributed by atoms with E-state index < -0.39 is 22.6 Å². The Hall–Kier alpha value is -3.89. The van der Waals surface area contributed by atoms with Crippen LogP contribution in [0.1, 0.15) is 27.2 Å². The number of alkyl halides is 3. The van der Waals surface area contributed by atoms with Gasteiger partial charge in [0.1, 0.15) is 0 Å². The fourth-order valence-electron chi connectivity index (χ4n) is 2.89. The van der Waals surface area contributed by atoms with Crippen molar-refractivity contribution in [1.82, 2.24) is 15.1 Å². The fraction of sp³-hybridized carbons (Fsp3) is 0.200. The first-order chi connectivity index (χ1) is 14.6. The molecule has 1 aromatic heterocycles. The van der Waals surface area contributed by atoms with Crippen molar-refractivity contribution in [1.29, 1.82) is 0 Å². The molecule has 0 aliphatic rings. The minimum absolute atomic E-state index is 0.0111. The number of para-hydroxylation sites is 2. The number of amides is 1. The monoisotopic (exact) mass is 434 g/mol. The maximum absolute atomic E-state index is 12.8. The molecule has 0 fully saturated rings. The fourth-order valence-corrected chi connectivity index (χ4v) is 2.89. The van der Waals surface area contributed by atoms with E-state index in [1.807, 2.05) is 0 Å².